The molecule has 41 heavy (non-hydrogen) atoms. The van der Waals surface area contributed by atoms with Gasteiger partial charge in [-0.3, -0.25) is 4.79 Å². The monoisotopic (exact) mass is 575 g/mol. The summed E-state index contributed by atoms with van der Waals surface area (Å²) >= 11 is 0. The lowest BCUT2D eigenvalue weighted by atomic mass is 9.84. The SMILES string of the molecule is O=C1NCN(c2ccccc2)C12CCN(CCCC(c1cccc(C(F)(F)F)c1)c1cccc(C(F)(F)F)c1)CC2. The minimum atomic E-state index is -4.56. The van der Waals surface area contributed by atoms with Crippen molar-refractivity contribution in [3.8, 4) is 0 Å². The van der Waals surface area contributed by atoms with E-state index in [2.05, 4.69) is 15.1 Å². The maximum Gasteiger partial charge on any atom is 0.416 e. The Kier molecular flexibility index (Phi) is 8.05. The molecule has 1 spiro atoms. The van der Waals surface area contributed by atoms with Gasteiger partial charge in [0.05, 0.1) is 17.8 Å². The van der Waals surface area contributed by atoms with Crippen molar-refractivity contribution in [2.75, 3.05) is 31.2 Å². The van der Waals surface area contributed by atoms with Gasteiger partial charge in [0.1, 0.15) is 5.54 Å². The van der Waals surface area contributed by atoms with E-state index >= 15 is 0 Å². The zero-order valence-electron chi connectivity index (χ0n) is 22.3. The first-order valence-electron chi connectivity index (χ1n) is 13.6. The third-order valence-electron chi connectivity index (χ3n) is 8.29. The van der Waals surface area contributed by atoms with Crippen molar-refractivity contribution in [1.82, 2.24) is 10.2 Å². The quantitative estimate of drug-likeness (QED) is 0.307. The molecule has 5 rings (SSSR count). The second-order valence-electron chi connectivity index (χ2n) is 10.7. The van der Waals surface area contributed by atoms with E-state index in [0.29, 0.717) is 63.1 Å². The Balaban J connectivity index is 1.29. The predicted octanol–water partition coefficient (Wildman–Crippen LogP) is 7.06. The van der Waals surface area contributed by atoms with Gasteiger partial charge in [0.25, 0.3) is 0 Å². The van der Waals surface area contributed by atoms with Crippen molar-refractivity contribution < 1.29 is 31.1 Å². The molecule has 2 fully saturated rings. The van der Waals surface area contributed by atoms with Crippen molar-refractivity contribution in [2.24, 2.45) is 0 Å². The van der Waals surface area contributed by atoms with E-state index in [-0.39, 0.29) is 5.91 Å². The molecule has 10 heteroatoms. The van der Waals surface area contributed by atoms with Crippen molar-refractivity contribution >= 4 is 11.6 Å². The molecule has 2 heterocycles. The van der Waals surface area contributed by atoms with Crippen LogP contribution in [0.3, 0.4) is 0 Å². The van der Waals surface area contributed by atoms with Gasteiger partial charge in [-0.15, -0.1) is 0 Å². The Morgan fingerprint density at radius 1 is 0.780 bits per heavy atom. The summed E-state index contributed by atoms with van der Waals surface area (Å²) in [6, 6.07) is 19.5. The van der Waals surface area contributed by atoms with Crippen LogP contribution in [0.25, 0.3) is 0 Å². The van der Waals surface area contributed by atoms with Crippen LogP contribution >= 0.6 is 0 Å². The highest BCUT2D eigenvalue weighted by Crippen LogP contribution is 2.39. The minimum absolute atomic E-state index is 0.00941. The van der Waals surface area contributed by atoms with E-state index in [1.165, 1.54) is 12.1 Å². The summed E-state index contributed by atoms with van der Waals surface area (Å²) in [5.41, 5.74) is -0.645. The predicted molar refractivity (Wildman–Crippen MR) is 144 cm³/mol. The van der Waals surface area contributed by atoms with E-state index in [1.54, 1.807) is 12.1 Å². The molecule has 0 aliphatic carbocycles. The molecule has 0 aromatic heterocycles. The summed E-state index contributed by atoms with van der Waals surface area (Å²) in [5.74, 6) is -0.625. The number of benzene rings is 3. The molecule has 4 nitrogen and oxygen atoms in total. The van der Waals surface area contributed by atoms with Crippen LogP contribution in [0.1, 0.15) is 53.9 Å². The molecule has 2 saturated heterocycles. The molecular weight excluding hydrogens is 544 g/mol. The number of para-hydroxylation sites is 1. The number of carbonyl (C=O) groups excluding carboxylic acids is 1. The summed E-state index contributed by atoms with van der Waals surface area (Å²) in [6.45, 7) is 2.39. The topological polar surface area (TPSA) is 35.6 Å². The number of nitrogens with one attached hydrogen (secondary N) is 1. The molecule has 3 aromatic carbocycles. The summed E-state index contributed by atoms with van der Waals surface area (Å²) in [4.78, 5) is 17.3. The van der Waals surface area contributed by atoms with Crippen LogP contribution in [-0.4, -0.2) is 42.6 Å². The molecule has 0 bridgehead atoms. The van der Waals surface area contributed by atoms with Crippen LogP contribution in [-0.2, 0) is 17.1 Å². The Bertz CT molecular complexity index is 1290. The smallest absolute Gasteiger partial charge is 0.339 e. The van der Waals surface area contributed by atoms with Crippen molar-refractivity contribution in [3.05, 3.63) is 101 Å². The lowest BCUT2D eigenvalue weighted by Gasteiger charge is -2.43. The highest BCUT2D eigenvalue weighted by molar-refractivity contribution is 5.93. The maximum atomic E-state index is 13.5. The number of hydrogen-bond acceptors (Lipinski definition) is 3. The highest BCUT2D eigenvalue weighted by atomic mass is 19.4. The highest BCUT2D eigenvalue weighted by Gasteiger charge is 2.50. The van der Waals surface area contributed by atoms with Gasteiger partial charge >= 0.3 is 12.4 Å². The zero-order chi connectivity index (χ0) is 29.3. The van der Waals surface area contributed by atoms with Gasteiger partial charge in [-0.05, 0) is 67.6 Å². The zero-order valence-corrected chi connectivity index (χ0v) is 22.3. The maximum absolute atomic E-state index is 13.5. The van der Waals surface area contributed by atoms with E-state index in [0.717, 1.165) is 30.0 Å². The van der Waals surface area contributed by atoms with Crippen LogP contribution in [0, 0.1) is 0 Å². The number of alkyl halides is 6. The number of halogens is 6. The Morgan fingerprint density at radius 3 is 1.88 bits per heavy atom. The number of likely N-dealkylation sites (tertiary alicyclic amines) is 1. The summed E-state index contributed by atoms with van der Waals surface area (Å²) in [7, 11) is 0. The standard InChI is InChI=1S/C31H31F6N3O/c32-30(33,34)24-9-4-7-22(19-24)27(23-8-5-10-25(20-23)31(35,36)37)13-6-16-39-17-14-29(15-18-39)28(41)38-21-40(29)26-11-2-1-3-12-26/h1-5,7-12,19-20,27H,6,13-18,21H2,(H,38,41). The second kappa shape index (κ2) is 11.4. The molecule has 1 amide bonds. The molecule has 0 radical (unpaired) electrons. The number of anilines is 1. The van der Waals surface area contributed by atoms with Gasteiger partial charge in [-0.25, -0.2) is 0 Å². The van der Waals surface area contributed by atoms with Gasteiger partial charge in [0.2, 0.25) is 5.91 Å². The molecule has 0 saturated carbocycles. The van der Waals surface area contributed by atoms with Crippen LogP contribution in [0.2, 0.25) is 0 Å². The minimum Gasteiger partial charge on any atom is -0.339 e. The number of rotatable bonds is 7. The first-order valence-corrected chi connectivity index (χ1v) is 13.6. The first kappa shape index (κ1) is 29.0. The fourth-order valence-corrected chi connectivity index (χ4v) is 6.09. The largest absolute Gasteiger partial charge is 0.416 e. The van der Waals surface area contributed by atoms with Crippen LogP contribution in [0.15, 0.2) is 78.9 Å². The van der Waals surface area contributed by atoms with Crippen molar-refractivity contribution in [1.29, 1.82) is 0 Å². The van der Waals surface area contributed by atoms with E-state index in [4.69, 9.17) is 0 Å². The molecule has 1 N–H and O–H groups in total. The van der Waals surface area contributed by atoms with Crippen LogP contribution in [0.5, 0.6) is 0 Å². The Morgan fingerprint density at radius 2 is 1.34 bits per heavy atom. The molecule has 0 unspecified atom stereocenters. The van der Waals surface area contributed by atoms with Gasteiger partial charge in [-0.2, -0.15) is 26.3 Å². The van der Waals surface area contributed by atoms with Gasteiger partial charge in [-0.1, -0.05) is 54.6 Å². The number of hydrogen-bond donors (Lipinski definition) is 1. The van der Waals surface area contributed by atoms with Crippen LogP contribution in [0.4, 0.5) is 32.0 Å². The van der Waals surface area contributed by atoms with E-state index in [9.17, 15) is 31.1 Å². The third-order valence-corrected chi connectivity index (χ3v) is 8.29. The van der Waals surface area contributed by atoms with Gasteiger partial charge in [0.15, 0.2) is 0 Å². The molecule has 2 aliphatic rings. The third kappa shape index (κ3) is 6.22. The molecule has 3 aromatic rings. The molecule has 2 aliphatic heterocycles. The fraction of sp³-hybridized carbons (Fsp3) is 0.387. The normalized spacial score (nSPS) is 17.8. The van der Waals surface area contributed by atoms with Crippen LogP contribution < -0.4 is 10.2 Å². The number of carbonyl (C=O) groups is 1. The van der Waals surface area contributed by atoms with E-state index < -0.39 is 34.9 Å². The lowest BCUT2D eigenvalue weighted by Crippen LogP contribution is -2.56. The number of amides is 1. The Labute approximate surface area is 235 Å². The Hall–Kier alpha value is -3.53. The molecule has 0 atom stereocenters. The van der Waals surface area contributed by atoms with Gasteiger partial charge < -0.3 is 15.1 Å². The average molecular weight is 576 g/mol. The molecule has 218 valence electrons. The second-order valence-corrected chi connectivity index (χ2v) is 10.7. The number of piperidine rings is 1. The summed E-state index contributed by atoms with van der Waals surface area (Å²) in [5, 5.41) is 2.98. The molecular formula is C31H31F6N3O. The van der Waals surface area contributed by atoms with Crippen molar-refractivity contribution in [3.63, 3.8) is 0 Å². The lowest BCUT2D eigenvalue weighted by molar-refractivity contribution is -0.138. The average Bonchev–Trinajstić information content (AvgIpc) is 3.26. The first-order chi connectivity index (χ1) is 19.5. The van der Waals surface area contributed by atoms with E-state index in [1.807, 2.05) is 30.3 Å². The fourth-order valence-electron chi connectivity index (χ4n) is 6.09. The van der Waals surface area contributed by atoms with Gasteiger partial charge in [0, 0.05) is 24.7 Å². The summed E-state index contributed by atoms with van der Waals surface area (Å²) < 4.78 is 80.7. The summed E-state index contributed by atoms with van der Waals surface area (Å²) in [6.07, 6.45) is -6.92. The van der Waals surface area contributed by atoms with Crippen molar-refractivity contribution in [2.45, 2.75) is 49.5 Å². The number of nitrogens with zero attached hydrogens (tertiary/aromatic N) is 2.